The Labute approximate surface area is 118 Å². The van der Waals surface area contributed by atoms with Gasteiger partial charge in [-0.2, -0.15) is 11.8 Å². The van der Waals surface area contributed by atoms with E-state index in [1.165, 1.54) is 32.1 Å². The molecule has 0 atom stereocenters. The van der Waals surface area contributed by atoms with E-state index >= 15 is 0 Å². The summed E-state index contributed by atoms with van der Waals surface area (Å²) in [5.41, 5.74) is 1.26. The highest BCUT2D eigenvalue weighted by Gasteiger charge is 2.15. The molecule has 0 aromatic carbocycles. The van der Waals surface area contributed by atoms with E-state index in [1.807, 2.05) is 18.7 Å². The summed E-state index contributed by atoms with van der Waals surface area (Å²) in [5, 5.41) is 9.65. The average molecular weight is 282 g/mol. The summed E-state index contributed by atoms with van der Waals surface area (Å²) in [4.78, 5) is 19.2. The van der Waals surface area contributed by atoms with E-state index in [4.69, 9.17) is 5.11 Å². The molecule has 2 rings (SSSR count). The first kappa shape index (κ1) is 14.6. The fourth-order valence-electron chi connectivity index (χ4n) is 2.57. The number of H-pyrrole nitrogens is 1. The number of aromatic amines is 1. The summed E-state index contributed by atoms with van der Waals surface area (Å²) < 4.78 is 0. The first-order valence-corrected chi connectivity index (χ1v) is 8.06. The van der Waals surface area contributed by atoms with Gasteiger partial charge in [0.25, 0.3) is 5.56 Å². The van der Waals surface area contributed by atoms with Gasteiger partial charge in [0.1, 0.15) is 5.82 Å². The zero-order valence-electron chi connectivity index (χ0n) is 11.4. The van der Waals surface area contributed by atoms with Crippen molar-refractivity contribution in [3.8, 4) is 0 Å². The molecule has 106 valence electrons. The maximum absolute atomic E-state index is 11.9. The van der Waals surface area contributed by atoms with Crippen LogP contribution in [0.3, 0.4) is 0 Å². The maximum atomic E-state index is 11.9. The van der Waals surface area contributed by atoms with Crippen LogP contribution in [0.15, 0.2) is 4.79 Å². The molecule has 1 aromatic heterocycles. The normalized spacial score (nSPS) is 16.7. The maximum Gasteiger partial charge on any atom is 0.254 e. The second-order valence-electron chi connectivity index (χ2n) is 5.12. The lowest BCUT2D eigenvalue weighted by atomic mass is 10.0. The van der Waals surface area contributed by atoms with Gasteiger partial charge in [-0.05, 0) is 19.8 Å². The summed E-state index contributed by atoms with van der Waals surface area (Å²) in [6.45, 7) is 1.83. The van der Waals surface area contributed by atoms with Gasteiger partial charge in [0.05, 0.1) is 5.75 Å². The first-order valence-electron chi connectivity index (χ1n) is 7.02. The van der Waals surface area contributed by atoms with E-state index in [2.05, 4.69) is 9.97 Å². The number of nitrogens with one attached hydrogen (secondary N) is 1. The van der Waals surface area contributed by atoms with E-state index in [0.29, 0.717) is 12.0 Å². The Bertz CT molecular complexity index is 467. The molecule has 5 heteroatoms. The van der Waals surface area contributed by atoms with E-state index in [0.717, 1.165) is 22.5 Å². The van der Waals surface area contributed by atoms with Crippen LogP contribution in [-0.2, 0) is 12.2 Å². The predicted molar refractivity (Wildman–Crippen MR) is 78.6 cm³/mol. The Hall–Kier alpha value is -0.810. The van der Waals surface area contributed by atoms with Crippen LogP contribution >= 0.6 is 11.8 Å². The fraction of sp³-hybridized carbons (Fsp3) is 0.714. The van der Waals surface area contributed by atoms with Gasteiger partial charge in [-0.3, -0.25) is 4.79 Å². The van der Waals surface area contributed by atoms with Crippen molar-refractivity contribution in [3.05, 3.63) is 27.4 Å². The van der Waals surface area contributed by atoms with Crippen molar-refractivity contribution in [2.45, 2.75) is 56.5 Å². The molecular formula is C14H22N2O2S. The third-order valence-electron chi connectivity index (χ3n) is 3.64. The summed E-state index contributed by atoms with van der Waals surface area (Å²) >= 11 is 1.91. The molecule has 0 aliphatic heterocycles. The molecule has 1 aromatic rings. The standard InChI is InChI=1S/C14H22N2O2S/c1-10-12(7-8-17)14(18)16-13(15-10)9-19-11-5-3-2-4-6-11/h11,17H,2-9H2,1H3,(H,15,16,18). The van der Waals surface area contributed by atoms with Crippen LogP contribution in [-0.4, -0.2) is 26.9 Å². The Morgan fingerprint density at radius 3 is 2.74 bits per heavy atom. The number of aliphatic hydroxyl groups excluding tert-OH is 1. The second-order valence-corrected chi connectivity index (χ2v) is 6.41. The molecular weight excluding hydrogens is 260 g/mol. The van der Waals surface area contributed by atoms with Crippen molar-refractivity contribution < 1.29 is 5.11 Å². The van der Waals surface area contributed by atoms with Gasteiger partial charge in [0.15, 0.2) is 0 Å². The average Bonchev–Trinajstić information content (AvgIpc) is 2.42. The molecule has 4 nitrogen and oxygen atoms in total. The van der Waals surface area contributed by atoms with Crippen molar-refractivity contribution in [1.82, 2.24) is 9.97 Å². The molecule has 0 bridgehead atoms. The largest absolute Gasteiger partial charge is 0.396 e. The van der Waals surface area contributed by atoms with Crippen molar-refractivity contribution in [1.29, 1.82) is 0 Å². The minimum absolute atomic E-state index is 0.0121. The molecule has 0 saturated heterocycles. The molecule has 1 aliphatic carbocycles. The van der Waals surface area contributed by atoms with Gasteiger partial charge in [-0.25, -0.2) is 4.98 Å². The van der Waals surface area contributed by atoms with Crippen molar-refractivity contribution in [2.75, 3.05) is 6.61 Å². The summed E-state index contributed by atoms with van der Waals surface area (Å²) in [6, 6.07) is 0. The van der Waals surface area contributed by atoms with Crippen LogP contribution < -0.4 is 5.56 Å². The minimum Gasteiger partial charge on any atom is -0.396 e. The topological polar surface area (TPSA) is 66.0 Å². The van der Waals surface area contributed by atoms with Crippen LogP contribution in [0.1, 0.15) is 49.2 Å². The Balaban J connectivity index is 1.98. The van der Waals surface area contributed by atoms with Crippen LogP contribution in [0, 0.1) is 6.92 Å². The summed E-state index contributed by atoms with van der Waals surface area (Å²) in [5.74, 6) is 1.54. The quantitative estimate of drug-likeness (QED) is 0.868. The van der Waals surface area contributed by atoms with E-state index < -0.39 is 0 Å². The number of hydrogen-bond acceptors (Lipinski definition) is 4. The highest BCUT2D eigenvalue weighted by molar-refractivity contribution is 7.99. The second kappa shape index (κ2) is 7.10. The highest BCUT2D eigenvalue weighted by atomic mass is 32.2. The summed E-state index contributed by atoms with van der Waals surface area (Å²) in [6.07, 6.45) is 6.98. The van der Waals surface area contributed by atoms with Crippen LogP contribution in [0.5, 0.6) is 0 Å². The molecule has 1 saturated carbocycles. The smallest absolute Gasteiger partial charge is 0.254 e. The van der Waals surface area contributed by atoms with Crippen molar-refractivity contribution in [2.24, 2.45) is 0 Å². The fourth-order valence-corrected chi connectivity index (χ4v) is 3.77. The number of aliphatic hydroxyl groups is 1. The lowest BCUT2D eigenvalue weighted by molar-refractivity contribution is 0.298. The number of thioether (sulfide) groups is 1. The van der Waals surface area contributed by atoms with Gasteiger partial charge < -0.3 is 10.1 Å². The van der Waals surface area contributed by atoms with E-state index in [1.54, 1.807) is 0 Å². The Morgan fingerprint density at radius 1 is 1.37 bits per heavy atom. The zero-order chi connectivity index (χ0) is 13.7. The summed E-state index contributed by atoms with van der Waals surface area (Å²) in [7, 11) is 0. The van der Waals surface area contributed by atoms with Crippen LogP contribution in [0.2, 0.25) is 0 Å². The first-order chi connectivity index (χ1) is 9.20. The third kappa shape index (κ3) is 4.08. The number of aromatic nitrogens is 2. The minimum atomic E-state index is -0.0965. The van der Waals surface area contributed by atoms with Gasteiger partial charge in [-0.15, -0.1) is 0 Å². The lowest BCUT2D eigenvalue weighted by Crippen LogP contribution is -2.20. The molecule has 19 heavy (non-hydrogen) atoms. The molecule has 0 amide bonds. The third-order valence-corrected chi connectivity index (χ3v) is 5.02. The molecule has 1 fully saturated rings. The van der Waals surface area contributed by atoms with Crippen LogP contribution in [0.4, 0.5) is 0 Å². The molecule has 0 radical (unpaired) electrons. The van der Waals surface area contributed by atoms with Crippen LogP contribution in [0.25, 0.3) is 0 Å². The molecule has 0 spiro atoms. The molecule has 1 aliphatic rings. The number of nitrogens with zero attached hydrogens (tertiary/aromatic N) is 1. The van der Waals surface area contributed by atoms with Gasteiger partial charge in [0, 0.05) is 29.5 Å². The number of rotatable bonds is 5. The van der Waals surface area contributed by atoms with Crippen molar-refractivity contribution >= 4 is 11.8 Å². The molecule has 1 heterocycles. The van der Waals surface area contributed by atoms with Gasteiger partial charge in [-0.1, -0.05) is 19.3 Å². The predicted octanol–water partition coefficient (Wildman–Crippen LogP) is 2.18. The number of aryl methyl sites for hydroxylation is 1. The van der Waals surface area contributed by atoms with E-state index in [-0.39, 0.29) is 12.2 Å². The Kier molecular flexibility index (Phi) is 5.45. The molecule has 2 N–H and O–H groups in total. The van der Waals surface area contributed by atoms with E-state index in [9.17, 15) is 4.79 Å². The Morgan fingerprint density at radius 2 is 2.11 bits per heavy atom. The number of hydrogen-bond donors (Lipinski definition) is 2. The highest BCUT2D eigenvalue weighted by Crippen LogP contribution is 2.29. The molecule has 0 unspecified atom stereocenters. The lowest BCUT2D eigenvalue weighted by Gasteiger charge is -2.20. The zero-order valence-corrected chi connectivity index (χ0v) is 12.3. The monoisotopic (exact) mass is 282 g/mol. The van der Waals surface area contributed by atoms with Crippen molar-refractivity contribution in [3.63, 3.8) is 0 Å². The van der Waals surface area contributed by atoms with Gasteiger partial charge >= 0.3 is 0 Å². The van der Waals surface area contributed by atoms with Gasteiger partial charge in [0.2, 0.25) is 0 Å². The SMILES string of the molecule is Cc1nc(CSC2CCCCC2)[nH]c(=O)c1CCO.